The van der Waals surface area contributed by atoms with Crippen molar-refractivity contribution >= 4 is 29.7 Å². The van der Waals surface area contributed by atoms with E-state index in [1.54, 1.807) is 0 Å². The molecule has 190 valence electrons. The molecule has 0 spiro atoms. The summed E-state index contributed by atoms with van der Waals surface area (Å²) in [6.07, 6.45) is 2.90. The van der Waals surface area contributed by atoms with E-state index in [0.717, 1.165) is 25.0 Å². The van der Waals surface area contributed by atoms with Gasteiger partial charge in [0, 0.05) is 24.0 Å². The number of fused-ring (bicyclic) bond motifs is 1. The van der Waals surface area contributed by atoms with Crippen LogP contribution in [-0.2, 0) is 33.3 Å². The number of unbranched alkanes of at least 4 members (excludes halogenated alkanes) is 1. The maximum absolute atomic E-state index is 11.9. The third-order valence-corrected chi connectivity index (χ3v) is 6.58. The monoisotopic (exact) mass is 492 g/mol. The number of nitrogens with one attached hydrogen (secondary N) is 2. The van der Waals surface area contributed by atoms with Crippen LogP contribution in [0.3, 0.4) is 0 Å². The Kier molecular flexibility index (Phi) is 14.2. The molecule has 3 N–H and O–H groups in total. The van der Waals surface area contributed by atoms with E-state index in [-0.39, 0.29) is 37.2 Å². The van der Waals surface area contributed by atoms with Gasteiger partial charge in [-0.1, -0.05) is 6.42 Å². The van der Waals surface area contributed by atoms with Gasteiger partial charge in [0.1, 0.15) is 6.10 Å². The average Bonchev–Trinajstić information content (AvgIpc) is 3.33. The highest BCUT2D eigenvalue weighted by Crippen LogP contribution is 2.35. The largest absolute Gasteiger partial charge is 0.481 e. The first-order chi connectivity index (χ1) is 16.1. The Hall–Kier alpha value is -1.60. The highest BCUT2D eigenvalue weighted by atomic mass is 32.2. The molecule has 3 unspecified atom stereocenters. The van der Waals surface area contributed by atoms with Crippen molar-refractivity contribution in [3.05, 3.63) is 0 Å². The normalized spacial score (nSPS) is 21.5. The number of hydrogen-bond donors (Lipinski definition) is 3. The van der Waals surface area contributed by atoms with Crippen molar-refractivity contribution in [3.8, 4) is 0 Å². The van der Waals surface area contributed by atoms with Crippen molar-refractivity contribution in [2.24, 2.45) is 0 Å². The molecule has 0 aromatic rings. The molecule has 0 aliphatic carbocycles. The SMILES string of the molecule is O=C(O)CCOCCOCCOCCOCCNC(=O)CCCCC1SCC2OC(=O)NC21. The highest BCUT2D eigenvalue weighted by molar-refractivity contribution is 8.00. The van der Waals surface area contributed by atoms with Gasteiger partial charge in [-0.05, 0) is 12.8 Å². The van der Waals surface area contributed by atoms with Gasteiger partial charge < -0.3 is 39.4 Å². The van der Waals surface area contributed by atoms with Gasteiger partial charge in [-0.25, -0.2) is 4.79 Å². The Labute approximate surface area is 198 Å². The molecular weight excluding hydrogens is 456 g/mol. The van der Waals surface area contributed by atoms with Crippen LogP contribution in [0, 0.1) is 0 Å². The number of alkyl carbamates (subject to hydrolysis) is 1. The van der Waals surface area contributed by atoms with E-state index in [0.29, 0.717) is 64.5 Å². The van der Waals surface area contributed by atoms with Crippen LogP contribution in [-0.4, -0.2) is 106 Å². The molecule has 0 bridgehead atoms. The average molecular weight is 493 g/mol. The molecule has 33 heavy (non-hydrogen) atoms. The predicted molar refractivity (Wildman–Crippen MR) is 120 cm³/mol. The van der Waals surface area contributed by atoms with E-state index in [1.807, 2.05) is 11.8 Å². The summed E-state index contributed by atoms with van der Waals surface area (Å²) in [7, 11) is 0. The standard InChI is InChI=1S/C21H36N2O9S/c24-18(4-2-1-3-17-20-16(15-33-17)32-21(27)23-20)22-6-8-29-10-12-31-14-13-30-11-9-28-7-5-19(25)26/h16-17,20H,1-15H2,(H,22,24)(H,23,27)(H,25,26). The van der Waals surface area contributed by atoms with E-state index >= 15 is 0 Å². The number of hydrogen-bond acceptors (Lipinski definition) is 9. The van der Waals surface area contributed by atoms with Crippen LogP contribution in [0.4, 0.5) is 4.79 Å². The molecule has 2 rings (SSSR count). The molecule has 3 atom stereocenters. The number of carbonyl (C=O) groups excluding carboxylic acids is 2. The minimum Gasteiger partial charge on any atom is -0.481 e. The summed E-state index contributed by atoms with van der Waals surface area (Å²) >= 11 is 1.83. The van der Waals surface area contributed by atoms with Gasteiger partial charge >= 0.3 is 12.1 Å². The van der Waals surface area contributed by atoms with Crippen LogP contribution in [0.2, 0.25) is 0 Å². The topological polar surface area (TPSA) is 142 Å². The van der Waals surface area contributed by atoms with Crippen LogP contribution in [0.15, 0.2) is 0 Å². The third-order valence-electron chi connectivity index (χ3n) is 5.11. The van der Waals surface area contributed by atoms with E-state index in [1.165, 1.54) is 0 Å². The summed E-state index contributed by atoms with van der Waals surface area (Å²) in [5.74, 6) is -0.00999. The summed E-state index contributed by atoms with van der Waals surface area (Å²) in [6.45, 7) is 3.59. The number of amides is 2. The van der Waals surface area contributed by atoms with Crippen LogP contribution < -0.4 is 10.6 Å². The molecule has 0 aromatic heterocycles. The lowest BCUT2D eigenvalue weighted by Crippen LogP contribution is -2.36. The van der Waals surface area contributed by atoms with Crippen molar-refractivity contribution in [1.29, 1.82) is 0 Å². The molecule has 0 saturated carbocycles. The summed E-state index contributed by atoms with van der Waals surface area (Å²) in [6, 6.07) is 0.112. The summed E-state index contributed by atoms with van der Waals surface area (Å²) in [4.78, 5) is 33.5. The van der Waals surface area contributed by atoms with Crippen LogP contribution in [0.25, 0.3) is 0 Å². The van der Waals surface area contributed by atoms with Crippen molar-refractivity contribution in [2.75, 3.05) is 65.2 Å². The molecule has 2 saturated heterocycles. The number of carbonyl (C=O) groups is 3. The van der Waals surface area contributed by atoms with Crippen molar-refractivity contribution in [1.82, 2.24) is 10.6 Å². The predicted octanol–water partition coefficient (Wildman–Crippen LogP) is 0.797. The number of aliphatic carboxylic acids is 1. The second-order valence-electron chi connectivity index (χ2n) is 7.67. The van der Waals surface area contributed by atoms with Gasteiger partial charge in [-0.15, -0.1) is 0 Å². The fourth-order valence-electron chi connectivity index (χ4n) is 3.43. The van der Waals surface area contributed by atoms with Crippen LogP contribution >= 0.6 is 11.8 Å². The van der Waals surface area contributed by atoms with Gasteiger partial charge in [-0.3, -0.25) is 9.59 Å². The van der Waals surface area contributed by atoms with Gasteiger partial charge in [0.15, 0.2) is 0 Å². The van der Waals surface area contributed by atoms with Gasteiger partial charge in [0.25, 0.3) is 0 Å². The van der Waals surface area contributed by atoms with Crippen LogP contribution in [0.5, 0.6) is 0 Å². The summed E-state index contributed by atoms with van der Waals surface area (Å²) < 4.78 is 26.4. The Morgan fingerprint density at radius 2 is 1.61 bits per heavy atom. The number of carboxylic acid groups (broad SMARTS) is 1. The van der Waals surface area contributed by atoms with E-state index in [2.05, 4.69) is 10.6 Å². The number of thioether (sulfide) groups is 1. The summed E-state index contributed by atoms with van der Waals surface area (Å²) in [5.41, 5.74) is 0. The molecule has 0 aromatic carbocycles. The first-order valence-corrected chi connectivity index (χ1v) is 12.5. The molecule has 2 aliphatic heterocycles. The zero-order chi connectivity index (χ0) is 23.7. The first-order valence-electron chi connectivity index (χ1n) is 11.4. The Balaban J connectivity index is 1.28. The van der Waals surface area contributed by atoms with Gasteiger partial charge in [-0.2, -0.15) is 11.8 Å². The van der Waals surface area contributed by atoms with Crippen LogP contribution in [0.1, 0.15) is 32.1 Å². The Morgan fingerprint density at radius 3 is 2.27 bits per heavy atom. The highest BCUT2D eigenvalue weighted by Gasteiger charge is 2.44. The lowest BCUT2D eigenvalue weighted by Gasteiger charge is -2.15. The molecule has 0 radical (unpaired) electrons. The minimum atomic E-state index is -0.879. The Morgan fingerprint density at radius 1 is 0.970 bits per heavy atom. The minimum absolute atomic E-state index is 0.00211. The zero-order valence-corrected chi connectivity index (χ0v) is 19.8. The molecule has 12 heteroatoms. The Bertz CT molecular complexity index is 596. The second kappa shape index (κ2) is 16.9. The molecule has 2 amide bonds. The second-order valence-corrected chi connectivity index (χ2v) is 8.95. The maximum Gasteiger partial charge on any atom is 0.407 e. The number of ether oxygens (including phenoxy) is 5. The molecule has 2 aliphatic rings. The number of rotatable bonds is 20. The van der Waals surface area contributed by atoms with E-state index in [9.17, 15) is 14.4 Å². The fourth-order valence-corrected chi connectivity index (χ4v) is 4.93. The number of carboxylic acids is 1. The lowest BCUT2D eigenvalue weighted by molar-refractivity contribution is -0.138. The molecule has 2 heterocycles. The molecular formula is C21H36N2O9S. The smallest absolute Gasteiger partial charge is 0.407 e. The quantitative estimate of drug-likeness (QED) is 0.209. The lowest BCUT2D eigenvalue weighted by atomic mass is 10.0. The molecule has 11 nitrogen and oxygen atoms in total. The third kappa shape index (κ3) is 12.4. The van der Waals surface area contributed by atoms with Gasteiger partial charge in [0.05, 0.1) is 65.3 Å². The van der Waals surface area contributed by atoms with Crippen molar-refractivity contribution in [3.63, 3.8) is 0 Å². The van der Waals surface area contributed by atoms with Crippen molar-refractivity contribution < 1.29 is 43.2 Å². The van der Waals surface area contributed by atoms with Gasteiger partial charge in [0.2, 0.25) is 5.91 Å². The first kappa shape index (κ1) is 27.6. The summed E-state index contributed by atoms with van der Waals surface area (Å²) in [5, 5.41) is 14.6. The van der Waals surface area contributed by atoms with E-state index < -0.39 is 5.97 Å². The van der Waals surface area contributed by atoms with E-state index in [4.69, 9.17) is 28.8 Å². The fraction of sp³-hybridized carbons (Fsp3) is 0.857. The zero-order valence-electron chi connectivity index (χ0n) is 19.0. The molecule has 2 fully saturated rings. The van der Waals surface area contributed by atoms with Crippen molar-refractivity contribution in [2.45, 2.75) is 49.5 Å². The maximum atomic E-state index is 11.9.